The van der Waals surface area contributed by atoms with Gasteiger partial charge in [-0.05, 0) is 118 Å². The predicted molar refractivity (Wildman–Crippen MR) is 329 cm³/mol. The SMILES string of the molecule is Cc1cccc(N2CCC(NC(=O)c3sc4nnc(C)c(C[n+]5nc(C)c(C)c6c(N)c(C(=O)NC7CCN(c8cccc(-c9cccc(C(=O)N%10C[C@H]%11C[C@H]%10CN%11C(=O)c%10sc%11nnc(C)c(C)c%11c%10N)c9)c8Cl)C7)sc65)c4c3N)C2)c1. The summed E-state index contributed by atoms with van der Waals surface area (Å²) in [5, 5.41) is 31.8. The van der Waals surface area contributed by atoms with Gasteiger partial charge in [0.15, 0.2) is 0 Å². The summed E-state index contributed by atoms with van der Waals surface area (Å²) < 4.78 is 1.85. The van der Waals surface area contributed by atoms with Crippen molar-refractivity contribution < 1.29 is 23.9 Å². The van der Waals surface area contributed by atoms with E-state index in [9.17, 15) is 19.2 Å². The van der Waals surface area contributed by atoms with Crippen molar-refractivity contribution in [2.45, 2.75) is 91.5 Å². The number of rotatable bonds is 11. The Morgan fingerprint density at radius 3 is 1.96 bits per heavy atom. The summed E-state index contributed by atoms with van der Waals surface area (Å²) in [4.78, 5) is 67.8. The lowest BCUT2D eigenvalue weighted by Crippen LogP contribution is -2.50. The fourth-order valence-corrected chi connectivity index (χ4v) is 16.1. The van der Waals surface area contributed by atoms with E-state index in [1.54, 1.807) is 0 Å². The minimum atomic E-state index is -0.279. The highest BCUT2D eigenvalue weighted by atomic mass is 35.5. The molecule has 13 rings (SSSR count). The molecule has 8 N–H and O–H groups in total. The molecule has 10 heterocycles. The van der Waals surface area contributed by atoms with Crippen molar-refractivity contribution >= 4 is 128 Å². The summed E-state index contributed by atoms with van der Waals surface area (Å²) in [5.41, 5.74) is 31.6. The Morgan fingerprint density at radius 2 is 1.24 bits per heavy atom. The number of nitrogens with one attached hydrogen (secondary N) is 2. The number of aromatic nitrogens is 6. The van der Waals surface area contributed by atoms with Crippen molar-refractivity contribution in [2.24, 2.45) is 0 Å². The topological polar surface area (TPSA) is 252 Å². The third kappa shape index (κ3) is 9.39. The maximum absolute atomic E-state index is 14.4. The number of benzene rings is 3. The zero-order valence-corrected chi connectivity index (χ0v) is 49.9. The van der Waals surface area contributed by atoms with Crippen LogP contribution in [0.1, 0.15) is 98.0 Å². The van der Waals surface area contributed by atoms with Crippen LogP contribution in [0.2, 0.25) is 5.02 Å². The van der Waals surface area contributed by atoms with Crippen molar-refractivity contribution in [1.82, 2.24) is 45.9 Å². The molecule has 4 amide bonds. The first kappa shape index (κ1) is 54.2. The Hall–Kier alpha value is -8.05. The maximum Gasteiger partial charge on any atom is 0.298 e. The van der Waals surface area contributed by atoms with Crippen molar-refractivity contribution in [1.29, 1.82) is 0 Å². The largest absolute Gasteiger partial charge is 0.397 e. The quantitative estimate of drug-likeness (QED) is 0.0764. The Balaban J connectivity index is 0.678. The van der Waals surface area contributed by atoms with Gasteiger partial charge in [-0.3, -0.25) is 19.2 Å². The van der Waals surface area contributed by atoms with Crippen LogP contribution < -0.4 is 42.3 Å². The van der Waals surface area contributed by atoms with E-state index in [4.69, 9.17) is 33.9 Å². The van der Waals surface area contributed by atoms with Crippen molar-refractivity contribution in [3.63, 3.8) is 0 Å². The minimum Gasteiger partial charge on any atom is -0.397 e. The molecule has 19 nitrogen and oxygen atoms in total. The number of nitrogen functional groups attached to an aromatic ring is 3. The van der Waals surface area contributed by atoms with Gasteiger partial charge in [0.1, 0.15) is 30.0 Å². The second kappa shape index (κ2) is 21.0. The molecule has 4 saturated heterocycles. The molecule has 3 aromatic carbocycles. The molecule has 2 bridgehead atoms. The first-order valence-electron chi connectivity index (χ1n) is 27.7. The number of amides is 4. The number of thiophene rings is 3. The van der Waals surface area contributed by atoms with E-state index >= 15 is 0 Å². The number of nitrogens with two attached hydrogens (primary N) is 3. The van der Waals surface area contributed by atoms with Gasteiger partial charge in [0.25, 0.3) is 28.5 Å². The predicted octanol–water partition coefficient (Wildman–Crippen LogP) is 8.32. The fourth-order valence-electron chi connectivity index (χ4n) is 12.6. The van der Waals surface area contributed by atoms with E-state index in [1.165, 1.54) is 39.6 Å². The van der Waals surface area contributed by atoms with Crippen LogP contribution in [-0.4, -0.2) is 122 Å². The maximum atomic E-state index is 14.4. The number of aryl methyl sites for hydroxylation is 6. The van der Waals surface area contributed by atoms with Crippen LogP contribution in [0.25, 0.3) is 41.8 Å². The van der Waals surface area contributed by atoms with Crippen LogP contribution >= 0.6 is 45.6 Å². The Bertz CT molecular complexity index is 4220. The lowest BCUT2D eigenvalue weighted by molar-refractivity contribution is -0.720. The molecular formula is C60H61ClN15O4S3+. The van der Waals surface area contributed by atoms with Crippen molar-refractivity contribution in [3.05, 3.63) is 131 Å². The highest BCUT2D eigenvalue weighted by molar-refractivity contribution is 7.22. The average molecular weight is 1190 g/mol. The summed E-state index contributed by atoms with van der Waals surface area (Å²) in [6, 6.07) is 21.3. The van der Waals surface area contributed by atoms with Gasteiger partial charge in [-0.15, -0.1) is 32.9 Å². The molecule has 6 aromatic heterocycles. The van der Waals surface area contributed by atoms with Gasteiger partial charge in [0.05, 0.1) is 62.2 Å². The number of piperazine rings is 1. The Labute approximate surface area is 495 Å². The van der Waals surface area contributed by atoms with Gasteiger partial charge >= 0.3 is 0 Å². The molecule has 4 aliphatic rings. The van der Waals surface area contributed by atoms with Crippen LogP contribution in [0, 0.1) is 41.5 Å². The number of hydrogen-bond acceptors (Lipinski definition) is 17. The van der Waals surface area contributed by atoms with Crippen LogP contribution in [0.15, 0.2) is 66.7 Å². The van der Waals surface area contributed by atoms with Crippen LogP contribution in [0.4, 0.5) is 28.4 Å². The van der Waals surface area contributed by atoms with E-state index in [1.807, 2.05) is 91.6 Å². The monoisotopic (exact) mass is 1190 g/mol. The lowest BCUT2D eigenvalue weighted by atomic mass is 10.0. The highest BCUT2D eigenvalue weighted by Gasteiger charge is 2.48. The molecular weight excluding hydrogens is 1130 g/mol. The number of hydrogen-bond donors (Lipinski definition) is 5. The van der Waals surface area contributed by atoms with Gasteiger partial charge in [-0.1, -0.05) is 64.0 Å². The van der Waals surface area contributed by atoms with E-state index in [-0.39, 0.29) is 54.3 Å². The fraction of sp³-hybridized carbons (Fsp3) is 0.333. The normalized spacial score (nSPS) is 18.6. The molecule has 0 aliphatic carbocycles. The molecule has 4 atom stereocenters. The van der Waals surface area contributed by atoms with Gasteiger partial charge in [-0.2, -0.15) is 10.2 Å². The van der Waals surface area contributed by atoms with Gasteiger partial charge < -0.3 is 47.4 Å². The zero-order chi connectivity index (χ0) is 57.9. The summed E-state index contributed by atoms with van der Waals surface area (Å²) in [6.45, 7) is 15.4. The van der Waals surface area contributed by atoms with Gasteiger partial charge in [-0.25, -0.2) is 0 Å². The molecule has 0 spiro atoms. The molecule has 0 radical (unpaired) electrons. The standard InChI is InChI=1S/C60H60ClN15O4S3/c1-28-10-7-13-38(20-28)72-18-16-36(23-72)65-54(77)51-50(64)46-42(33(6)68-70-57(46)81-51)27-76-60-45(30(3)32(5)71-76)49(63)52(83-60)55(78)66-37-17-19-73(24-37)43-15-9-14-41(47(43)61)34-11-8-12-35(21-34)58(79)74-25-40-22-39(74)26-75(40)59(80)53-48(62)44-29(2)31(4)67-69-56(44)82-53/h7-15,20-21,36-37,39-40H,16-19,22-27H2,1-6H3,(H7-,62,63,64,65,66,77,78,80)/p+1/t36?,37?,39-,40+/m0/s1. The second-order valence-electron chi connectivity index (χ2n) is 22.4. The molecule has 23 heteroatoms. The Morgan fingerprint density at radius 1 is 0.639 bits per heavy atom. The van der Waals surface area contributed by atoms with Gasteiger partial charge in [0, 0.05) is 78.9 Å². The lowest BCUT2D eigenvalue weighted by Gasteiger charge is -2.34. The summed E-state index contributed by atoms with van der Waals surface area (Å²) in [5.74, 6) is -0.745. The number of halogens is 1. The van der Waals surface area contributed by atoms with Crippen LogP contribution in [-0.2, 0) is 6.54 Å². The van der Waals surface area contributed by atoms with E-state index in [0.717, 1.165) is 79.1 Å². The van der Waals surface area contributed by atoms with E-state index < -0.39 is 0 Å². The first-order valence-corrected chi connectivity index (χ1v) is 30.6. The molecule has 2 unspecified atom stereocenters. The minimum absolute atomic E-state index is 0.0439. The van der Waals surface area contributed by atoms with Crippen molar-refractivity contribution in [2.75, 3.05) is 66.3 Å². The average Bonchev–Trinajstić information content (AvgIpc) is 2.72. The third-order valence-electron chi connectivity index (χ3n) is 17.3. The van der Waals surface area contributed by atoms with E-state index in [0.29, 0.717) is 109 Å². The number of nitrogens with zero attached hydrogens (tertiary/aromatic N) is 10. The zero-order valence-electron chi connectivity index (χ0n) is 46.7. The highest BCUT2D eigenvalue weighted by Crippen LogP contribution is 2.42. The summed E-state index contributed by atoms with van der Waals surface area (Å²) >= 11 is 11.1. The number of fused-ring (bicyclic) bond motifs is 5. The van der Waals surface area contributed by atoms with E-state index in [2.05, 4.69) is 72.0 Å². The van der Waals surface area contributed by atoms with Crippen molar-refractivity contribution in [3.8, 4) is 11.1 Å². The molecule has 424 valence electrons. The molecule has 4 aliphatic heterocycles. The molecule has 83 heavy (non-hydrogen) atoms. The molecule has 9 aromatic rings. The molecule has 0 saturated carbocycles. The van der Waals surface area contributed by atoms with Crippen LogP contribution in [0.5, 0.6) is 0 Å². The summed E-state index contributed by atoms with van der Waals surface area (Å²) in [7, 11) is 0. The number of carbonyl (C=O) groups excluding carboxylic acids is 4. The molecule has 4 fully saturated rings. The number of carbonyl (C=O) groups is 4. The third-order valence-corrected chi connectivity index (χ3v) is 21.1. The number of likely N-dealkylation sites (tertiary alicyclic amines) is 2. The summed E-state index contributed by atoms with van der Waals surface area (Å²) in [6.07, 6.45) is 2.18. The Kier molecular flexibility index (Phi) is 13.7. The van der Waals surface area contributed by atoms with Gasteiger partial charge in [0.2, 0.25) is 6.54 Å². The first-order chi connectivity index (χ1) is 39.9. The van der Waals surface area contributed by atoms with Crippen LogP contribution in [0.3, 0.4) is 0 Å². The smallest absolute Gasteiger partial charge is 0.298 e. The second-order valence-corrected chi connectivity index (χ2v) is 25.8. The number of anilines is 5.